The Balaban J connectivity index is 1.47. The molecule has 0 bridgehead atoms. The molecular weight excluding hydrogens is 469 g/mol. The number of nitrogens with one attached hydrogen (secondary N) is 1. The lowest BCUT2D eigenvalue weighted by atomic mass is 10.3. The third-order valence-corrected chi connectivity index (χ3v) is 5.04. The minimum absolute atomic E-state index is 0.0198. The number of halogens is 1. The highest BCUT2D eigenvalue weighted by molar-refractivity contribution is 14.1. The van der Waals surface area contributed by atoms with Crippen molar-refractivity contribution >= 4 is 61.7 Å². The Labute approximate surface area is 166 Å². The summed E-state index contributed by atoms with van der Waals surface area (Å²) in [6.45, 7) is -0.225. The van der Waals surface area contributed by atoms with Gasteiger partial charge in [0.05, 0.1) is 18.1 Å². The van der Waals surface area contributed by atoms with Gasteiger partial charge in [0, 0.05) is 15.8 Å². The second-order valence-electron chi connectivity index (χ2n) is 5.35. The number of rotatable bonds is 6. The summed E-state index contributed by atoms with van der Waals surface area (Å²) >= 11 is 3.55. The fourth-order valence-electron chi connectivity index (χ4n) is 2.21. The van der Waals surface area contributed by atoms with Crippen LogP contribution >= 0.6 is 33.9 Å². The van der Waals surface area contributed by atoms with Gasteiger partial charge >= 0.3 is 5.97 Å². The van der Waals surface area contributed by atoms with Crippen LogP contribution in [0.5, 0.6) is 0 Å². The van der Waals surface area contributed by atoms with Crippen LogP contribution in [0.4, 0.5) is 5.69 Å². The molecule has 1 aromatic carbocycles. The number of hydrogen-bond acceptors (Lipinski definition) is 6. The lowest BCUT2D eigenvalue weighted by molar-refractivity contribution is -0.147. The molecule has 0 aliphatic carbocycles. The molecule has 0 saturated heterocycles. The maximum Gasteiger partial charge on any atom is 0.308 e. The number of ether oxygens (including phenoxy) is 1. The molecule has 0 spiro atoms. The molecule has 0 saturated carbocycles. The summed E-state index contributed by atoms with van der Waals surface area (Å²) in [5, 5.41) is 4.97. The Morgan fingerprint density at radius 2 is 2.00 bits per heavy atom. The molecule has 0 atom stereocenters. The van der Waals surface area contributed by atoms with Crippen LogP contribution in [0.2, 0.25) is 0 Å². The van der Waals surface area contributed by atoms with Crippen molar-refractivity contribution in [2.24, 2.45) is 0 Å². The van der Waals surface area contributed by atoms with E-state index in [4.69, 9.17) is 4.74 Å². The first kappa shape index (κ1) is 18.5. The van der Waals surface area contributed by atoms with Gasteiger partial charge in [0.2, 0.25) is 0 Å². The number of aromatic nitrogens is 2. The highest BCUT2D eigenvalue weighted by atomic mass is 127. The number of carbonyl (C=O) groups is 2. The summed E-state index contributed by atoms with van der Waals surface area (Å²) in [5.74, 6) is -0.974. The second-order valence-corrected chi connectivity index (χ2v) is 7.49. The van der Waals surface area contributed by atoms with E-state index in [1.807, 2.05) is 12.1 Å². The first-order valence-corrected chi connectivity index (χ1v) is 9.62. The number of amides is 1. The first-order chi connectivity index (χ1) is 12.5. The first-order valence-electron chi connectivity index (χ1n) is 7.66. The lowest BCUT2D eigenvalue weighted by Gasteiger charge is -2.07. The van der Waals surface area contributed by atoms with Crippen molar-refractivity contribution in [2.75, 3.05) is 11.9 Å². The van der Waals surface area contributed by atoms with Crippen molar-refractivity contribution in [3.05, 3.63) is 56.0 Å². The van der Waals surface area contributed by atoms with Crippen LogP contribution in [0.1, 0.15) is 6.42 Å². The van der Waals surface area contributed by atoms with E-state index in [9.17, 15) is 14.4 Å². The van der Waals surface area contributed by atoms with Crippen molar-refractivity contribution in [3.8, 4) is 0 Å². The summed E-state index contributed by atoms with van der Waals surface area (Å²) in [5.41, 5.74) is 0.439. The number of fused-ring (bicyclic) bond motifs is 1. The molecule has 3 rings (SSSR count). The Bertz CT molecular complexity index is 997. The zero-order chi connectivity index (χ0) is 18.5. The number of hydrogen-bond donors (Lipinski definition) is 1. The normalized spacial score (nSPS) is 10.7. The van der Waals surface area contributed by atoms with Gasteiger partial charge < -0.3 is 10.1 Å². The summed E-state index contributed by atoms with van der Waals surface area (Å²) in [7, 11) is 0. The van der Waals surface area contributed by atoms with Crippen molar-refractivity contribution < 1.29 is 14.3 Å². The molecule has 134 valence electrons. The molecule has 2 aromatic heterocycles. The number of esters is 1. The van der Waals surface area contributed by atoms with E-state index in [0.29, 0.717) is 15.9 Å². The Morgan fingerprint density at radius 1 is 1.23 bits per heavy atom. The van der Waals surface area contributed by atoms with Crippen LogP contribution in [0.15, 0.2) is 46.8 Å². The molecule has 3 aromatic rings. The van der Waals surface area contributed by atoms with E-state index in [0.717, 1.165) is 3.57 Å². The van der Waals surface area contributed by atoms with E-state index >= 15 is 0 Å². The third-order valence-electron chi connectivity index (χ3n) is 3.50. The number of anilines is 1. The molecule has 0 aliphatic rings. The highest BCUT2D eigenvalue weighted by Crippen LogP contribution is 2.13. The van der Waals surface area contributed by atoms with Crippen molar-refractivity contribution in [1.82, 2.24) is 9.55 Å². The predicted molar refractivity (Wildman–Crippen MR) is 107 cm³/mol. The zero-order valence-electron chi connectivity index (χ0n) is 13.5. The fraction of sp³-hybridized carbons (Fsp3) is 0.176. The Kier molecular flexibility index (Phi) is 5.99. The lowest BCUT2D eigenvalue weighted by Crippen LogP contribution is -2.24. The summed E-state index contributed by atoms with van der Waals surface area (Å²) in [4.78, 5) is 40.6. The number of aryl methyl sites for hydroxylation is 1. The topological polar surface area (TPSA) is 90.3 Å². The molecular formula is C17H14IN3O4S. The van der Waals surface area contributed by atoms with Gasteiger partial charge in [0.15, 0.2) is 6.61 Å². The molecule has 0 radical (unpaired) electrons. The molecule has 0 unspecified atom stereocenters. The summed E-state index contributed by atoms with van der Waals surface area (Å²) in [6, 6.07) is 8.96. The maximum atomic E-state index is 12.2. The highest BCUT2D eigenvalue weighted by Gasteiger charge is 2.10. The van der Waals surface area contributed by atoms with Crippen molar-refractivity contribution in [2.45, 2.75) is 13.0 Å². The van der Waals surface area contributed by atoms with Crippen molar-refractivity contribution in [1.29, 1.82) is 0 Å². The molecule has 1 amide bonds. The largest absolute Gasteiger partial charge is 0.456 e. The van der Waals surface area contributed by atoms with Gasteiger partial charge in [-0.15, -0.1) is 11.3 Å². The van der Waals surface area contributed by atoms with Gasteiger partial charge in [-0.2, -0.15) is 0 Å². The SMILES string of the molecule is O=C(COC(=O)CCn1cnc2sccc2c1=O)Nc1ccc(I)cc1. The van der Waals surface area contributed by atoms with Crippen LogP contribution in [0.3, 0.4) is 0 Å². The van der Waals surface area contributed by atoms with Gasteiger partial charge in [-0.1, -0.05) is 0 Å². The van der Waals surface area contributed by atoms with Gasteiger partial charge in [-0.3, -0.25) is 19.0 Å². The standard InChI is InChI=1S/C17H14IN3O4S/c18-11-1-3-12(4-2-11)20-14(22)9-25-15(23)5-7-21-10-19-16-13(17(21)24)6-8-26-16/h1-4,6,8,10H,5,7,9H2,(H,20,22). The third kappa shape index (κ3) is 4.67. The van der Waals surface area contributed by atoms with E-state index in [1.54, 1.807) is 23.6 Å². The average molecular weight is 483 g/mol. The molecule has 9 heteroatoms. The molecule has 0 fully saturated rings. The maximum absolute atomic E-state index is 12.2. The predicted octanol–water partition coefficient (Wildman–Crippen LogP) is 2.63. The quantitative estimate of drug-likeness (QED) is 0.430. The molecule has 2 heterocycles. The summed E-state index contributed by atoms with van der Waals surface area (Å²) < 4.78 is 7.36. The second kappa shape index (κ2) is 8.41. The van der Waals surface area contributed by atoms with Crippen LogP contribution in [-0.2, 0) is 20.9 Å². The van der Waals surface area contributed by atoms with E-state index < -0.39 is 11.9 Å². The molecule has 7 nitrogen and oxygen atoms in total. The number of nitrogens with zero attached hydrogens (tertiary/aromatic N) is 2. The van der Waals surface area contributed by atoms with Crippen molar-refractivity contribution in [3.63, 3.8) is 0 Å². The monoisotopic (exact) mass is 483 g/mol. The molecule has 26 heavy (non-hydrogen) atoms. The Hall–Kier alpha value is -2.27. The van der Waals surface area contributed by atoms with Crippen LogP contribution in [-0.4, -0.2) is 28.0 Å². The van der Waals surface area contributed by atoms with Gasteiger partial charge in [0.1, 0.15) is 4.83 Å². The van der Waals surface area contributed by atoms with E-state index in [-0.39, 0.29) is 25.1 Å². The number of carbonyl (C=O) groups excluding carboxylic acids is 2. The minimum Gasteiger partial charge on any atom is -0.456 e. The molecule has 1 N–H and O–H groups in total. The van der Waals surface area contributed by atoms with Gasteiger partial charge in [-0.05, 0) is 58.3 Å². The van der Waals surface area contributed by atoms with Gasteiger partial charge in [0.25, 0.3) is 11.5 Å². The fourth-order valence-corrected chi connectivity index (χ4v) is 3.30. The number of benzene rings is 1. The number of thiophene rings is 1. The van der Waals surface area contributed by atoms with Crippen LogP contribution in [0, 0.1) is 3.57 Å². The molecule has 0 aliphatic heterocycles. The van der Waals surface area contributed by atoms with Crippen LogP contribution < -0.4 is 10.9 Å². The van der Waals surface area contributed by atoms with Gasteiger partial charge in [-0.25, -0.2) is 4.98 Å². The van der Waals surface area contributed by atoms with E-state index in [1.165, 1.54) is 22.2 Å². The van der Waals surface area contributed by atoms with Crippen LogP contribution in [0.25, 0.3) is 10.2 Å². The zero-order valence-corrected chi connectivity index (χ0v) is 16.5. The van der Waals surface area contributed by atoms with E-state index in [2.05, 4.69) is 32.9 Å². The minimum atomic E-state index is -0.555. The smallest absolute Gasteiger partial charge is 0.308 e. The summed E-state index contributed by atoms with van der Waals surface area (Å²) in [6.07, 6.45) is 1.39. The Morgan fingerprint density at radius 3 is 2.77 bits per heavy atom. The average Bonchev–Trinajstić information content (AvgIpc) is 3.11.